The van der Waals surface area contributed by atoms with Crippen molar-refractivity contribution in [2.75, 3.05) is 6.54 Å². The molecule has 2 atom stereocenters. The van der Waals surface area contributed by atoms with E-state index in [4.69, 9.17) is 11.6 Å². The molecule has 2 N–H and O–H groups in total. The van der Waals surface area contributed by atoms with Crippen LogP contribution in [0.15, 0.2) is 48.7 Å². The van der Waals surface area contributed by atoms with Crippen LogP contribution in [0.3, 0.4) is 0 Å². The molecular formula is C18H18ClN3O3. The number of pyridine rings is 1. The summed E-state index contributed by atoms with van der Waals surface area (Å²) in [5, 5.41) is 13.4. The highest BCUT2D eigenvalue weighted by atomic mass is 35.5. The van der Waals surface area contributed by atoms with Gasteiger partial charge in [-0.3, -0.25) is 14.6 Å². The summed E-state index contributed by atoms with van der Waals surface area (Å²) in [6.07, 6.45) is 1.01. The van der Waals surface area contributed by atoms with Crippen LogP contribution in [0.4, 0.5) is 0 Å². The topological polar surface area (TPSA) is 82.5 Å². The van der Waals surface area contributed by atoms with Crippen LogP contribution in [0.2, 0.25) is 5.02 Å². The number of aromatic nitrogens is 1. The average molecular weight is 360 g/mol. The van der Waals surface area contributed by atoms with Gasteiger partial charge >= 0.3 is 0 Å². The third-order valence-electron chi connectivity index (χ3n) is 4.11. The van der Waals surface area contributed by atoms with E-state index in [-0.39, 0.29) is 30.5 Å². The van der Waals surface area contributed by atoms with Crippen LogP contribution in [0, 0.1) is 0 Å². The monoisotopic (exact) mass is 359 g/mol. The van der Waals surface area contributed by atoms with Gasteiger partial charge in [-0.15, -0.1) is 0 Å². The van der Waals surface area contributed by atoms with Crippen molar-refractivity contribution >= 4 is 23.4 Å². The molecule has 0 spiro atoms. The van der Waals surface area contributed by atoms with Crippen molar-refractivity contribution in [3.8, 4) is 0 Å². The molecule has 6 nitrogen and oxygen atoms in total. The highest BCUT2D eigenvalue weighted by molar-refractivity contribution is 6.30. The quantitative estimate of drug-likeness (QED) is 0.869. The molecule has 1 aromatic heterocycles. The summed E-state index contributed by atoms with van der Waals surface area (Å²) < 4.78 is 0. The Hall–Kier alpha value is -2.44. The first kappa shape index (κ1) is 17.4. The molecule has 3 rings (SSSR count). The summed E-state index contributed by atoms with van der Waals surface area (Å²) in [6, 6.07) is 11.4. The van der Waals surface area contributed by atoms with Crippen LogP contribution in [-0.4, -0.2) is 45.5 Å². The van der Waals surface area contributed by atoms with E-state index in [0.717, 1.165) is 5.56 Å². The molecule has 2 heterocycles. The number of benzene rings is 1. The Kier molecular flexibility index (Phi) is 5.31. The fourth-order valence-corrected chi connectivity index (χ4v) is 2.96. The summed E-state index contributed by atoms with van der Waals surface area (Å²) in [6.45, 7) is 0.447. The molecule has 2 aromatic rings. The number of nitrogens with zero attached hydrogens (tertiary/aromatic N) is 2. The molecule has 0 radical (unpaired) electrons. The van der Waals surface area contributed by atoms with E-state index in [1.54, 1.807) is 30.3 Å². The standard InChI is InChI=1S/C18H18ClN3O3/c19-13-6-4-12(5-7-13)10-21-17(24)16-9-14(23)11-22(16)18(25)15-3-1-2-8-20-15/h1-8,14,16,23H,9-11H2,(H,21,24)/t14-,16+/m1/s1. The van der Waals surface area contributed by atoms with Gasteiger partial charge in [0.15, 0.2) is 0 Å². The fraction of sp³-hybridized carbons (Fsp3) is 0.278. The van der Waals surface area contributed by atoms with Crippen LogP contribution in [0.1, 0.15) is 22.5 Å². The minimum absolute atomic E-state index is 0.119. The Morgan fingerprint density at radius 2 is 2.00 bits per heavy atom. The van der Waals surface area contributed by atoms with Crippen LogP contribution in [0.25, 0.3) is 0 Å². The van der Waals surface area contributed by atoms with Crippen molar-refractivity contribution in [3.63, 3.8) is 0 Å². The molecule has 0 unspecified atom stereocenters. The second-order valence-corrected chi connectivity index (χ2v) is 6.36. The SMILES string of the molecule is O=C(NCc1ccc(Cl)cc1)[C@@H]1C[C@@H](O)CN1C(=O)c1ccccn1. The number of rotatable bonds is 4. The molecule has 1 aromatic carbocycles. The summed E-state index contributed by atoms with van der Waals surface area (Å²) in [5.41, 5.74) is 1.16. The minimum atomic E-state index is -0.723. The highest BCUT2D eigenvalue weighted by Crippen LogP contribution is 2.20. The maximum Gasteiger partial charge on any atom is 0.273 e. The Labute approximate surface area is 150 Å². The van der Waals surface area contributed by atoms with Gasteiger partial charge in [0.05, 0.1) is 6.10 Å². The van der Waals surface area contributed by atoms with Crippen molar-refractivity contribution < 1.29 is 14.7 Å². The number of halogens is 1. The average Bonchev–Trinajstić information content (AvgIpc) is 3.03. The lowest BCUT2D eigenvalue weighted by molar-refractivity contribution is -0.125. The van der Waals surface area contributed by atoms with Gasteiger partial charge in [0.1, 0.15) is 11.7 Å². The van der Waals surface area contributed by atoms with Crippen LogP contribution >= 0.6 is 11.6 Å². The Morgan fingerprint density at radius 3 is 2.68 bits per heavy atom. The van der Waals surface area contributed by atoms with Gasteiger partial charge in [0.2, 0.25) is 5.91 Å². The Balaban J connectivity index is 1.67. The van der Waals surface area contributed by atoms with Crippen molar-refractivity contribution in [1.82, 2.24) is 15.2 Å². The lowest BCUT2D eigenvalue weighted by Crippen LogP contribution is -2.46. The maximum atomic E-state index is 12.6. The van der Waals surface area contributed by atoms with E-state index < -0.39 is 12.1 Å². The molecule has 1 aliphatic heterocycles. The summed E-state index contributed by atoms with van der Waals surface area (Å²) in [5.74, 6) is -0.653. The first-order valence-electron chi connectivity index (χ1n) is 7.97. The van der Waals surface area contributed by atoms with Crippen molar-refractivity contribution in [2.45, 2.75) is 25.1 Å². The zero-order valence-electron chi connectivity index (χ0n) is 13.4. The number of aliphatic hydroxyl groups is 1. The van der Waals surface area contributed by atoms with Crippen molar-refractivity contribution in [1.29, 1.82) is 0 Å². The predicted molar refractivity (Wildman–Crippen MR) is 93.0 cm³/mol. The largest absolute Gasteiger partial charge is 0.391 e. The molecule has 1 fully saturated rings. The molecule has 0 aliphatic carbocycles. The van der Waals surface area contributed by atoms with Crippen LogP contribution in [-0.2, 0) is 11.3 Å². The van der Waals surface area contributed by atoms with Crippen molar-refractivity contribution in [3.05, 3.63) is 64.9 Å². The van der Waals surface area contributed by atoms with E-state index >= 15 is 0 Å². The summed E-state index contributed by atoms with van der Waals surface area (Å²) in [4.78, 5) is 30.5. The fourth-order valence-electron chi connectivity index (χ4n) is 2.83. The number of nitrogens with one attached hydrogen (secondary N) is 1. The molecule has 0 bridgehead atoms. The van der Waals surface area contributed by atoms with Gasteiger partial charge in [0.25, 0.3) is 5.91 Å². The molecule has 0 saturated carbocycles. The minimum Gasteiger partial charge on any atom is -0.391 e. The third kappa shape index (κ3) is 4.15. The second-order valence-electron chi connectivity index (χ2n) is 5.92. The normalized spacial score (nSPS) is 19.7. The third-order valence-corrected chi connectivity index (χ3v) is 4.36. The first-order chi connectivity index (χ1) is 12.0. The lowest BCUT2D eigenvalue weighted by atomic mass is 10.1. The molecule has 130 valence electrons. The number of carbonyl (C=O) groups is 2. The number of hydrogen-bond donors (Lipinski definition) is 2. The molecular weight excluding hydrogens is 342 g/mol. The molecule has 2 amide bonds. The van der Waals surface area contributed by atoms with E-state index in [1.807, 2.05) is 12.1 Å². The molecule has 1 aliphatic rings. The number of carbonyl (C=O) groups excluding carboxylic acids is 2. The van der Waals surface area contributed by atoms with Gasteiger partial charge in [-0.1, -0.05) is 29.8 Å². The number of β-amino-alcohol motifs (C(OH)–C–C–N with tert-alkyl or cyclic N) is 1. The number of hydrogen-bond acceptors (Lipinski definition) is 4. The van der Waals surface area contributed by atoms with E-state index in [1.165, 1.54) is 11.1 Å². The Bertz CT molecular complexity index is 752. The van der Waals surface area contributed by atoms with E-state index in [2.05, 4.69) is 10.3 Å². The van der Waals surface area contributed by atoms with Crippen molar-refractivity contribution in [2.24, 2.45) is 0 Å². The van der Waals surface area contributed by atoms with Gasteiger partial charge in [-0.25, -0.2) is 0 Å². The number of aliphatic hydroxyl groups excluding tert-OH is 1. The van der Waals surface area contributed by atoms with Gasteiger partial charge in [-0.05, 0) is 29.8 Å². The summed E-state index contributed by atoms with van der Waals surface area (Å²) >= 11 is 5.84. The molecule has 7 heteroatoms. The van der Waals surface area contributed by atoms with E-state index in [9.17, 15) is 14.7 Å². The zero-order valence-corrected chi connectivity index (χ0v) is 14.2. The molecule has 1 saturated heterocycles. The summed E-state index contributed by atoms with van der Waals surface area (Å²) in [7, 11) is 0. The Morgan fingerprint density at radius 1 is 1.24 bits per heavy atom. The van der Waals surface area contributed by atoms with Crippen LogP contribution in [0.5, 0.6) is 0 Å². The number of likely N-dealkylation sites (tertiary alicyclic amines) is 1. The first-order valence-corrected chi connectivity index (χ1v) is 8.34. The van der Waals surface area contributed by atoms with Gasteiger partial charge in [-0.2, -0.15) is 0 Å². The van der Waals surface area contributed by atoms with Gasteiger partial charge in [0, 0.05) is 30.7 Å². The molecule has 25 heavy (non-hydrogen) atoms. The highest BCUT2D eigenvalue weighted by Gasteiger charge is 2.39. The smallest absolute Gasteiger partial charge is 0.273 e. The predicted octanol–water partition coefficient (Wildman–Crippen LogP) is 1.63. The maximum absolute atomic E-state index is 12.6. The lowest BCUT2D eigenvalue weighted by Gasteiger charge is -2.23. The van der Waals surface area contributed by atoms with Crippen LogP contribution < -0.4 is 5.32 Å². The number of amides is 2. The second kappa shape index (κ2) is 7.63. The van der Waals surface area contributed by atoms with E-state index in [0.29, 0.717) is 11.6 Å². The van der Waals surface area contributed by atoms with Gasteiger partial charge < -0.3 is 15.3 Å². The zero-order chi connectivity index (χ0) is 17.8.